The average Bonchev–Trinajstić information content (AvgIpc) is 2.30. The van der Waals surface area contributed by atoms with Crippen molar-refractivity contribution in [3.05, 3.63) is 26.6 Å². The third kappa shape index (κ3) is 3.84. The highest BCUT2D eigenvalue weighted by molar-refractivity contribution is 14.1. The molecule has 1 heterocycles. The van der Waals surface area contributed by atoms with Crippen LogP contribution in [-0.2, 0) is 21.3 Å². The van der Waals surface area contributed by atoms with Gasteiger partial charge in [0.15, 0.2) is 0 Å². The van der Waals surface area contributed by atoms with Gasteiger partial charge in [-0.1, -0.05) is 15.9 Å². The van der Waals surface area contributed by atoms with Crippen LogP contribution in [0.2, 0.25) is 0 Å². The van der Waals surface area contributed by atoms with Gasteiger partial charge in [0.1, 0.15) is 5.69 Å². The minimum absolute atomic E-state index is 0.100. The Balaban J connectivity index is 3.15. The van der Waals surface area contributed by atoms with Crippen molar-refractivity contribution in [3.8, 4) is 0 Å². The molecule has 0 saturated carbocycles. The fourth-order valence-corrected chi connectivity index (χ4v) is 2.35. The summed E-state index contributed by atoms with van der Waals surface area (Å²) in [6, 6.07) is 1.60. The molecular formula is C10H9BrF2INO2. The number of carbonyl (C=O) groups excluding carboxylic acids is 1. The summed E-state index contributed by atoms with van der Waals surface area (Å²) in [5.41, 5.74) is 0.455. The van der Waals surface area contributed by atoms with Crippen LogP contribution in [0.15, 0.2) is 6.07 Å². The first kappa shape index (κ1) is 14.7. The predicted octanol–water partition coefficient (Wildman–Crippen LogP) is 3.23. The van der Waals surface area contributed by atoms with Gasteiger partial charge in [-0.05, 0) is 34.2 Å². The van der Waals surface area contributed by atoms with Gasteiger partial charge in [-0.2, -0.15) is 0 Å². The lowest BCUT2D eigenvalue weighted by molar-refractivity contribution is -0.139. The molecule has 0 aliphatic rings. The van der Waals surface area contributed by atoms with Crippen molar-refractivity contribution in [2.75, 3.05) is 7.11 Å². The summed E-state index contributed by atoms with van der Waals surface area (Å²) in [6.45, 7) is 0. The van der Waals surface area contributed by atoms with E-state index >= 15 is 0 Å². The summed E-state index contributed by atoms with van der Waals surface area (Å²) in [5, 5.41) is 0.300. The number of pyridine rings is 1. The van der Waals surface area contributed by atoms with Gasteiger partial charge in [-0.3, -0.25) is 4.79 Å². The second-order valence-corrected chi connectivity index (χ2v) is 4.87. The molecule has 1 aromatic heterocycles. The average molecular weight is 420 g/mol. The van der Waals surface area contributed by atoms with Gasteiger partial charge in [0.05, 0.1) is 19.2 Å². The van der Waals surface area contributed by atoms with Gasteiger partial charge in [-0.25, -0.2) is 13.8 Å². The Bertz CT molecular complexity index is 429. The molecule has 0 spiro atoms. The van der Waals surface area contributed by atoms with Crippen molar-refractivity contribution in [1.29, 1.82) is 0 Å². The lowest BCUT2D eigenvalue weighted by Gasteiger charge is -2.10. The molecule has 0 bridgehead atoms. The first-order chi connectivity index (χ1) is 7.99. The van der Waals surface area contributed by atoms with E-state index < -0.39 is 12.4 Å². The highest BCUT2D eigenvalue weighted by Gasteiger charge is 2.18. The van der Waals surface area contributed by atoms with Gasteiger partial charge >= 0.3 is 5.97 Å². The maximum absolute atomic E-state index is 12.7. The zero-order valence-electron chi connectivity index (χ0n) is 8.84. The van der Waals surface area contributed by atoms with E-state index in [9.17, 15) is 13.6 Å². The summed E-state index contributed by atoms with van der Waals surface area (Å²) in [7, 11) is 1.25. The topological polar surface area (TPSA) is 39.2 Å². The van der Waals surface area contributed by atoms with Crippen LogP contribution in [0.1, 0.15) is 23.4 Å². The van der Waals surface area contributed by atoms with Crippen LogP contribution in [0, 0.1) is 3.57 Å². The molecule has 0 aromatic carbocycles. The summed E-state index contributed by atoms with van der Waals surface area (Å²) < 4.78 is 30.6. The van der Waals surface area contributed by atoms with E-state index in [1.807, 2.05) is 22.6 Å². The first-order valence-corrected chi connectivity index (χ1v) is 6.78. The molecular weight excluding hydrogens is 411 g/mol. The van der Waals surface area contributed by atoms with E-state index in [4.69, 9.17) is 0 Å². The second-order valence-electron chi connectivity index (χ2n) is 3.15. The Morgan fingerprint density at radius 2 is 2.29 bits per heavy atom. The minimum atomic E-state index is -2.66. The zero-order valence-corrected chi connectivity index (χ0v) is 12.6. The van der Waals surface area contributed by atoms with Gasteiger partial charge in [0.25, 0.3) is 6.43 Å². The van der Waals surface area contributed by atoms with Crippen LogP contribution in [0.4, 0.5) is 8.78 Å². The Morgan fingerprint density at radius 1 is 1.65 bits per heavy atom. The fraction of sp³-hybridized carbons (Fsp3) is 0.400. The summed E-state index contributed by atoms with van der Waals surface area (Å²) in [6.07, 6.45) is -2.76. The molecule has 0 fully saturated rings. The number of carbonyl (C=O) groups is 1. The van der Waals surface area contributed by atoms with E-state index in [0.29, 0.717) is 20.2 Å². The van der Waals surface area contributed by atoms with Crippen LogP contribution < -0.4 is 0 Å². The predicted molar refractivity (Wildman–Crippen MR) is 70.3 cm³/mol. The number of esters is 1. The minimum Gasteiger partial charge on any atom is -0.469 e. The third-order valence-electron chi connectivity index (χ3n) is 2.05. The molecule has 7 heteroatoms. The number of rotatable bonds is 4. The van der Waals surface area contributed by atoms with E-state index in [2.05, 4.69) is 25.7 Å². The highest BCUT2D eigenvalue weighted by Crippen LogP contribution is 2.26. The van der Waals surface area contributed by atoms with Crippen molar-refractivity contribution in [2.45, 2.75) is 18.2 Å². The Kier molecular flexibility index (Phi) is 5.71. The summed E-state index contributed by atoms with van der Waals surface area (Å²) in [4.78, 5) is 14.9. The van der Waals surface area contributed by atoms with Crippen LogP contribution >= 0.6 is 38.5 Å². The number of methoxy groups -OCH3 is 1. The molecule has 0 radical (unpaired) electrons. The molecule has 0 aliphatic carbocycles. The number of halogens is 4. The van der Waals surface area contributed by atoms with Gasteiger partial charge < -0.3 is 4.74 Å². The standard InChI is InChI=1S/C10H9BrF2INO2/c1-17-8(16)3-7-6(14)2-5(4-11)9(15-7)10(12)13/h2,10H,3-4H2,1H3. The molecule has 1 aromatic rings. The molecule has 0 saturated heterocycles. The first-order valence-electron chi connectivity index (χ1n) is 4.58. The van der Waals surface area contributed by atoms with Gasteiger partial charge in [0.2, 0.25) is 0 Å². The SMILES string of the molecule is COC(=O)Cc1nc(C(F)F)c(CBr)cc1I. The van der Waals surface area contributed by atoms with Gasteiger partial charge in [0, 0.05) is 8.90 Å². The molecule has 0 N–H and O–H groups in total. The highest BCUT2D eigenvalue weighted by atomic mass is 127. The maximum atomic E-state index is 12.7. The molecule has 3 nitrogen and oxygen atoms in total. The monoisotopic (exact) mass is 419 g/mol. The lowest BCUT2D eigenvalue weighted by Crippen LogP contribution is -2.10. The number of nitrogens with zero attached hydrogens (tertiary/aromatic N) is 1. The number of hydrogen-bond donors (Lipinski definition) is 0. The largest absolute Gasteiger partial charge is 0.469 e. The molecule has 0 aliphatic heterocycles. The number of aromatic nitrogens is 1. The van der Waals surface area contributed by atoms with Crippen molar-refractivity contribution in [1.82, 2.24) is 4.98 Å². The molecule has 17 heavy (non-hydrogen) atoms. The number of alkyl halides is 3. The quantitative estimate of drug-likeness (QED) is 0.427. The van der Waals surface area contributed by atoms with Crippen molar-refractivity contribution < 1.29 is 18.3 Å². The van der Waals surface area contributed by atoms with Crippen LogP contribution in [0.25, 0.3) is 0 Å². The lowest BCUT2D eigenvalue weighted by atomic mass is 10.1. The Hall–Kier alpha value is -0.310. The van der Waals surface area contributed by atoms with Crippen LogP contribution in [-0.4, -0.2) is 18.1 Å². The zero-order chi connectivity index (χ0) is 13.0. The van der Waals surface area contributed by atoms with Crippen LogP contribution in [0.5, 0.6) is 0 Å². The molecule has 1 rings (SSSR count). The van der Waals surface area contributed by atoms with Crippen molar-refractivity contribution in [2.24, 2.45) is 0 Å². The molecule has 0 unspecified atom stereocenters. The van der Waals surface area contributed by atoms with E-state index in [1.54, 1.807) is 6.07 Å². The molecule has 0 amide bonds. The smallest absolute Gasteiger partial charge is 0.311 e. The van der Waals surface area contributed by atoms with Crippen molar-refractivity contribution in [3.63, 3.8) is 0 Å². The summed E-state index contributed by atoms with van der Waals surface area (Å²) >= 11 is 5.09. The molecule has 94 valence electrons. The van der Waals surface area contributed by atoms with Crippen molar-refractivity contribution >= 4 is 44.5 Å². The Labute approximate surface area is 119 Å². The van der Waals surface area contributed by atoms with Gasteiger partial charge in [-0.15, -0.1) is 0 Å². The fourth-order valence-electron chi connectivity index (χ4n) is 1.21. The van der Waals surface area contributed by atoms with E-state index in [-0.39, 0.29) is 12.1 Å². The molecule has 0 atom stereocenters. The number of hydrogen-bond acceptors (Lipinski definition) is 3. The summed E-state index contributed by atoms with van der Waals surface area (Å²) in [5.74, 6) is -0.498. The third-order valence-corrected chi connectivity index (χ3v) is 3.59. The van der Waals surface area contributed by atoms with E-state index in [1.165, 1.54) is 7.11 Å². The normalized spacial score (nSPS) is 10.7. The van der Waals surface area contributed by atoms with E-state index in [0.717, 1.165) is 0 Å². The maximum Gasteiger partial charge on any atom is 0.311 e. The second kappa shape index (κ2) is 6.58. The Morgan fingerprint density at radius 3 is 2.76 bits per heavy atom. The van der Waals surface area contributed by atoms with Crippen LogP contribution in [0.3, 0.4) is 0 Å². The number of ether oxygens (including phenoxy) is 1.